The van der Waals surface area contributed by atoms with E-state index < -0.39 is 55.0 Å². The number of methoxy groups -OCH3 is 1. The Labute approximate surface area is 157 Å². The van der Waals surface area contributed by atoms with Gasteiger partial charge in [-0.25, -0.2) is 0 Å². The Kier molecular flexibility index (Phi) is 7.72. The molecule has 7 N–H and O–H groups in total. The number of aliphatic hydroxyl groups is 5. The van der Waals surface area contributed by atoms with E-state index in [0.717, 1.165) is 0 Å². The average molecular weight is 390 g/mol. The van der Waals surface area contributed by atoms with Gasteiger partial charge in [0.05, 0.1) is 18.2 Å². The Morgan fingerprint density at radius 1 is 1.15 bits per heavy atom. The van der Waals surface area contributed by atoms with Crippen LogP contribution in [0.25, 0.3) is 0 Å². The predicted octanol–water partition coefficient (Wildman–Crippen LogP) is -3.02. The first-order valence-corrected chi connectivity index (χ1v) is 9.00. The fourth-order valence-corrected chi connectivity index (χ4v) is 3.49. The maximum atomic E-state index is 11.3. The molecule has 1 aliphatic heterocycles. The third-order valence-corrected chi connectivity index (χ3v) is 5.10. The molecule has 27 heavy (non-hydrogen) atoms. The zero-order chi connectivity index (χ0) is 20.3. The van der Waals surface area contributed by atoms with Crippen molar-refractivity contribution in [2.45, 2.75) is 75.3 Å². The molecule has 1 heterocycles. The number of amides is 1. The van der Waals surface area contributed by atoms with Crippen LogP contribution in [-0.2, 0) is 14.3 Å². The monoisotopic (exact) mass is 390 g/mol. The minimum Gasteiger partial charge on any atom is -0.388 e. The van der Waals surface area contributed by atoms with Crippen molar-refractivity contribution in [2.75, 3.05) is 13.7 Å². The third kappa shape index (κ3) is 4.84. The normalized spacial score (nSPS) is 42.5. The molecule has 0 spiro atoms. The van der Waals surface area contributed by atoms with Crippen LogP contribution in [0.4, 0.5) is 0 Å². The first-order chi connectivity index (χ1) is 12.7. The lowest BCUT2D eigenvalue weighted by Crippen LogP contribution is -2.68. The zero-order valence-electron chi connectivity index (χ0n) is 15.6. The molecule has 0 saturated carbocycles. The molecule has 1 saturated heterocycles. The molecular weight excluding hydrogens is 360 g/mol. The molecule has 0 aromatic rings. The smallest absolute Gasteiger partial charge is 0.216 e. The van der Waals surface area contributed by atoms with E-state index in [0.29, 0.717) is 12.0 Å². The molecule has 0 bridgehead atoms. The molecule has 10 heteroatoms. The van der Waals surface area contributed by atoms with Gasteiger partial charge in [0.1, 0.15) is 30.5 Å². The van der Waals surface area contributed by atoms with Crippen LogP contribution in [0.1, 0.15) is 20.3 Å². The second kappa shape index (κ2) is 9.39. The molecule has 2 aliphatic rings. The van der Waals surface area contributed by atoms with Gasteiger partial charge in [-0.3, -0.25) is 4.79 Å². The Morgan fingerprint density at radius 3 is 2.37 bits per heavy atom. The van der Waals surface area contributed by atoms with Gasteiger partial charge in [-0.15, -0.1) is 0 Å². The van der Waals surface area contributed by atoms with Crippen molar-refractivity contribution in [1.82, 2.24) is 10.6 Å². The van der Waals surface area contributed by atoms with Gasteiger partial charge in [0.2, 0.25) is 5.91 Å². The highest BCUT2D eigenvalue weighted by Crippen LogP contribution is 2.26. The predicted molar refractivity (Wildman–Crippen MR) is 93.5 cm³/mol. The number of carbonyl (C=O) groups excluding carboxylic acids is 1. The molecule has 1 amide bonds. The van der Waals surface area contributed by atoms with Gasteiger partial charge in [-0.1, -0.05) is 13.0 Å². The summed E-state index contributed by atoms with van der Waals surface area (Å²) in [4.78, 5) is 11.3. The molecule has 1 aliphatic carbocycles. The van der Waals surface area contributed by atoms with Crippen LogP contribution < -0.4 is 10.6 Å². The molecule has 9 atom stereocenters. The molecule has 156 valence electrons. The van der Waals surface area contributed by atoms with Crippen molar-refractivity contribution in [3.8, 4) is 0 Å². The quantitative estimate of drug-likeness (QED) is 0.234. The van der Waals surface area contributed by atoms with E-state index in [1.807, 2.05) is 6.92 Å². The minimum absolute atomic E-state index is 0.0367. The van der Waals surface area contributed by atoms with Gasteiger partial charge >= 0.3 is 0 Å². The standard InChI is InChI=1S/C17H30N2O8/c1-4-8-5-9(13(22)15(24)12(8)21)19-11-10(6-18-7(2)20)27-17(26-3)16(25)14(11)23/h5,9-17,19,21-25H,4,6H2,1-3H3,(H,18,20). The SMILES string of the molecule is CCC1=CC(NC2C(CNC(C)=O)OC(OC)C(O)C2O)C(O)C(O)C1O. The van der Waals surface area contributed by atoms with Gasteiger partial charge in [0, 0.05) is 20.6 Å². The van der Waals surface area contributed by atoms with Gasteiger partial charge in [-0.2, -0.15) is 0 Å². The van der Waals surface area contributed by atoms with Crippen LogP contribution in [0.3, 0.4) is 0 Å². The van der Waals surface area contributed by atoms with E-state index in [2.05, 4.69) is 10.6 Å². The maximum Gasteiger partial charge on any atom is 0.216 e. The van der Waals surface area contributed by atoms with Crippen LogP contribution >= 0.6 is 0 Å². The van der Waals surface area contributed by atoms with E-state index in [4.69, 9.17) is 9.47 Å². The summed E-state index contributed by atoms with van der Waals surface area (Å²) in [6.45, 7) is 3.18. The summed E-state index contributed by atoms with van der Waals surface area (Å²) in [5, 5.41) is 56.7. The van der Waals surface area contributed by atoms with Crippen molar-refractivity contribution in [1.29, 1.82) is 0 Å². The minimum atomic E-state index is -1.39. The number of carbonyl (C=O) groups is 1. The van der Waals surface area contributed by atoms with Crippen LogP contribution in [0.5, 0.6) is 0 Å². The van der Waals surface area contributed by atoms with Crippen LogP contribution in [0.15, 0.2) is 11.6 Å². The van der Waals surface area contributed by atoms with Crippen molar-refractivity contribution in [3.63, 3.8) is 0 Å². The molecule has 0 aromatic carbocycles. The lowest BCUT2D eigenvalue weighted by atomic mass is 9.85. The highest BCUT2D eigenvalue weighted by molar-refractivity contribution is 5.72. The molecule has 2 rings (SSSR count). The number of aliphatic hydroxyl groups excluding tert-OH is 5. The molecule has 1 fully saturated rings. The Balaban J connectivity index is 2.23. The first-order valence-electron chi connectivity index (χ1n) is 9.00. The van der Waals surface area contributed by atoms with Gasteiger partial charge < -0.3 is 45.6 Å². The van der Waals surface area contributed by atoms with Crippen LogP contribution in [-0.4, -0.2) is 100 Å². The van der Waals surface area contributed by atoms with Crippen LogP contribution in [0, 0.1) is 0 Å². The maximum absolute atomic E-state index is 11.3. The number of hydrogen-bond acceptors (Lipinski definition) is 9. The molecule has 0 radical (unpaired) electrons. The largest absolute Gasteiger partial charge is 0.388 e. The van der Waals surface area contributed by atoms with E-state index in [9.17, 15) is 30.3 Å². The van der Waals surface area contributed by atoms with E-state index in [1.54, 1.807) is 6.08 Å². The molecule has 0 aromatic heterocycles. The Bertz CT molecular complexity index is 545. The van der Waals surface area contributed by atoms with Crippen molar-refractivity contribution < 1.29 is 39.8 Å². The molecule has 10 nitrogen and oxygen atoms in total. The van der Waals surface area contributed by atoms with Gasteiger partial charge in [0.25, 0.3) is 0 Å². The Morgan fingerprint density at radius 2 is 1.81 bits per heavy atom. The zero-order valence-corrected chi connectivity index (χ0v) is 15.6. The summed E-state index contributed by atoms with van der Waals surface area (Å²) in [6, 6.07) is -1.68. The Hall–Kier alpha value is -1.11. The molecule has 9 unspecified atom stereocenters. The summed E-state index contributed by atoms with van der Waals surface area (Å²) in [6.07, 6.45) is -6.36. The summed E-state index contributed by atoms with van der Waals surface area (Å²) in [5.41, 5.74) is 0.547. The van der Waals surface area contributed by atoms with Gasteiger partial charge in [0.15, 0.2) is 6.29 Å². The number of hydrogen-bond donors (Lipinski definition) is 7. The topological polar surface area (TPSA) is 161 Å². The number of rotatable bonds is 6. The third-order valence-electron chi connectivity index (χ3n) is 5.10. The fourth-order valence-electron chi connectivity index (χ4n) is 3.49. The summed E-state index contributed by atoms with van der Waals surface area (Å²) < 4.78 is 10.7. The highest BCUT2D eigenvalue weighted by atomic mass is 16.7. The van der Waals surface area contributed by atoms with E-state index in [1.165, 1.54) is 14.0 Å². The van der Waals surface area contributed by atoms with Crippen molar-refractivity contribution >= 4 is 5.91 Å². The second-order valence-corrected chi connectivity index (χ2v) is 6.94. The summed E-state index contributed by atoms with van der Waals surface area (Å²) in [7, 11) is 1.32. The number of nitrogens with one attached hydrogen (secondary N) is 2. The fraction of sp³-hybridized carbons (Fsp3) is 0.824. The number of ether oxygens (including phenoxy) is 2. The molecular formula is C17H30N2O8. The van der Waals surface area contributed by atoms with E-state index in [-0.39, 0.29) is 12.5 Å². The van der Waals surface area contributed by atoms with Crippen molar-refractivity contribution in [3.05, 3.63) is 11.6 Å². The van der Waals surface area contributed by atoms with Crippen LogP contribution in [0.2, 0.25) is 0 Å². The van der Waals surface area contributed by atoms with Crippen molar-refractivity contribution in [2.24, 2.45) is 0 Å². The summed E-state index contributed by atoms with van der Waals surface area (Å²) >= 11 is 0. The first kappa shape index (κ1) is 22.2. The van der Waals surface area contributed by atoms with Gasteiger partial charge in [-0.05, 0) is 12.0 Å². The second-order valence-electron chi connectivity index (χ2n) is 6.94. The lowest BCUT2D eigenvalue weighted by molar-refractivity contribution is -0.267. The average Bonchev–Trinajstić information content (AvgIpc) is 2.64. The highest BCUT2D eigenvalue weighted by Gasteiger charge is 2.47. The van der Waals surface area contributed by atoms with E-state index >= 15 is 0 Å². The lowest BCUT2D eigenvalue weighted by Gasteiger charge is -2.45. The summed E-state index contributed by atoms with van der Waals surface area (Å²) in [5.74, 6) is -0.295.